The van der Waals surface area contributed by atoms with Crippen molar-refractivity contribution in [2.24, 2.45) is 0 Å². The van der Waals surface area contributed by atoms with E-state index < -0.39 is 10.0 Å². The Hall–Kier alpha value is -2.70. The molecular weight excluding hydrogens is 360 g/mol. The summed E-state index contributed by atoms with van der Waals surface area (Å²) < 4.78 is 32.5. The lowest BCUT2D eigenvalue weighted by Gasteiger charge is -2.15. The molecule has 138 valence electrons. The molecule has 1 atom stereocenters. The van der Waals surface area contributed by atoms with Gasteiger partial charge in [-0.15, -0.1) is 0 Å². The number of sulfonamides is 1. The normalized spacial score (nSPS) is 18.3. The van der Waals surface area contributed by atoms with Gasteiger partial charge < -0.3 is 4.74 Å². The summed E-state index contributed by atoms with van der Waals surface area (Å²) in [5.74, 6) is 0.526. The van der Waals surface area contributed by atoms with E-state index in [0.717, 1.165) is 16.5 Å². The highest BCUT2D eigenvalue weighted by Gasteiger charge is 2.31. The first-order valence-electron chi connectivity index (χ1n) is 8.86. The highest BCUT2D eigenvalue weighted by Crippen LogP contribution is 2.22. The number of nitrogens with zero attached hydrogens (tertiary/aromatic N) is 2. The summed E-state index contributed by atoms with van der Waals surface area (Å²) >= 11 is 0. The van der Waals surface area contributed by atoms with E-state index in [1.807, 2.05) is 66.7 Å². The van der Waals surface area contributed by atoms with Gasteiger partial charge in [0, 0.05) is 23.4 Å². The zero-order valence-corrected chi connectivity index (χ0v) is 15.5. The first-order chi connectivity index (χ1) is 13.1. The van der Waals surface area contributed by atoms with Gasteiger partial charge in [-0.2, -0.15) is 4.31 Å². The molecule has 1 fully saturated rings. The highest BCUT2D eigenvalue weighted by atomic mass is 32.2. The lowest BCUT2D eigenvalue weighted by molar-refractivity contribution is 0.208. The second-order valence-corrected chi connectivity index (χ2v) is 8.31. The Morgan fingerprint density at radius 2 is 1.78 bits per heavy atom. The van der Waals surface area contributed by atoms with Crippen LogP contribution in [-0.2, 0) is 10.0 Å². The molecule has 1 unspecified atom stereocenters. The summed E-state index contributed by atoms with van der Waals surface area (Å²) in [6.07, 6.45) is 2.07. The minimum atomic E-state index is -3.47. The number of fused-ring (bicyclic) bond motifs is 1. The maximum atomic E-state index is 12.5. The van der Waals surface area contributed by atoms with E-state index in [-0.39, 0.29) is 6.10 Å². The highest BCUT2D eigenvalue weighted by molar-refractivity contribution is 7.92. The van der Waals surface area contributed by atoms with Gasteiger partial charge in [-0.05, 0) is 30.2 Å². The first kappa shape index (κ1) is 17.7. The van der Waals surface area contributed by atoms with Gasteiger partial charge in [0.25, 0.3) is 0 Å². The molecule has 0 amide bonds. The van der Waals surface area contributed by atoms with Crippen molar-refractivity contribution < 1.29 is 13.2 Å². The van der Waals surface area contributed by atoms with Crippen molar-refractivity contribution >= 4 is 27.0 Å². The van der Waals surface area contributed by atoms with Gasteiger partial charge in [0.2, 0.25) is 15.9 Å². The molecule has 5 nitrogen and oxygen atoms in total. The molecule has 2 heterocycles. The fraction of sp³-hybridized carbons (Fsp3) is 0.190. The summed E-state index contributed by atoms with van der Waals surface area (Å²) in [4.78, 5) is 4.50. The molecule has 0 spiro atoms. The van der Waals surface area contributed by atoms with E-state index in [0.29, 0.717) is 25.4 Å². The van der Waals surface area contributed by atoms with Crippen molar-refractivity contribution in [2.45, 2.75) is 12.5 Å². The van der Waals surface area contributed by atoms with Crippen LogP contribution in [0.3, 0.4) is 0 Å². The summed E-state index contributed by atoms with van der Waals surface area (Å²) in [7, 11) is -3.47. The minimum Gasteiger partial charge on any atom is -0.473 e. The Morgan fingerprint density at radius 1 is 1.00 bits per heavy atom. The van der Waals surface area contributed by atoms with Crippen LogP contribution in [0.5, 0.6) is 5.88 Å². The van der Waals surface area contributed by atoms with Crippen LogP contribution in [0, 0.1) is 0 Å². The molecule has 0 N–H and O–H groups in total. The van der Waals surface area contributed by atoms with Crippen LogP contribution < -0.4 is 4.74 Å². The summed E-state index contributed by atoms with van der Waals surface area (Å²) in [5.41, 5.74) is 1.72. The van der Waals surface area contributed by atoms with Gasteiger partial charge in [0.05, 0.1) is 12.1 Å². The Morgan fingerprint density at radius 3 is 2.63 bits per heavy atom. The average Bonchev–Trinajstić information content (AvgIpc) is 3.17. The second-order valence-electron chi connectivity index (χ2n) is 6.49. The molecular formula is C21H20N2O3S. The van der Waals surface area contributed by atoms with Crippen molar-refractivity contribution in [3.8, 4) is 5.88 Å². The van der Waals surface area contributed by atoms with Crippen LogP contribution in [0.1, 0.15) is 12.0 Å². The van der Waals surface area contributed by atoms with Crippen molar-refractivity contribution in [3.05, 3.63) is 77.7 Å². The lowest BCUT2D eigenvalue weighted by Crippen LogP contribution is -2.29. The predicted molar refractivity (Wildman–Crippen MR) is 107 cm³/mol. The van der Waals surface area contributed by atoms with Crippen LogP contribution in [0.25, 0.3) is 17.0 Å². The Balaban J connectivity index is 1.42. The van der Waals surface area contributed by atoms with E-state index in [4.69, 9.17) is 4.74 Å². The topological polar surface area (TPSA) is 59.5 Å². The average molecular weight is 380 g/mol. The second kappa shape index (κ2) is 7.50. The number of hydrogen-bond donors (Lipinski definition) is 0. The fourth-order valence-corrected chi connectivity index (χ4v) is 4.36. The smallest absolute Gasteiger partial charge is 0.236 e. The number of ether oxygens (including phenoxy) is 1. The van der Waals surface area contributed by atoms with Gasteiger partial charge in [0.15, 0.2) is 0 Å². The van der Waals surface area contributed by atoms with Gasteiger partial charge >= 0.3 is 0 Å². The third-order valence-corrected chi connectivity index (χ3v) is 6.09. The minimum absolute atomic E-state index is 0.196. The largest absolute Gasteiger partial charge is 0.473 e. The number of para-hydroxylation sites is 1. The standard InChI is InChI=1S/C21H20N2O3S/c24-27(25,15-13-17-6-2-1-3-7-17)23-14-12-19(16-23)26-21-11-10-18-8-4-5-9-20(18)22-21/h1-11,13,15,19H,12,14,16H2/b15-13+. The molecule has 4 rings (SSSR count). The molecule has 1 aliphatic heterocycles. The molecule has 3 aromatic rings. The maximum Gasteiger partial charge on any atom is 0.236 e. The van der Waals surface area contributed by atoms with E-state index in [9.17, 15) is 8.42 Å². The first-order valence-corrected chi connectivity index (χ1v) is 10.4. The number of pyridine rings is 1. The van der Waals surface area contributed by atoms with Crippen LogP contribution in [-0.4, -0.2) is 36.9 Å². The van der Waals surface area contributed by atoms with Gasteiger partial charge in [-0.3, -0.25) is 0 Å². The molecule has 27 heavy (non-hydrogen) atoms. The number of rotatable bonds is 5. The zero-order valence-electron chi connectivity index (χ0n) is 14.7. The van der Waals surface area contributed by atoms with Crippen LogP contribution in [0.15, 0.2) is 72.1 Å². The zero-order chi connectivity index (χ0) is 18.7. The van der Waals surface area contributed by atoms with Crippen molar-refractivity contribution in [1.29, 1.82) is 0 Å². The van der Waals surface area contributed by atoms with Crippen LogP contribution >= 0.6 is 0 Å². The van der Waals surface area contributed by atoms with E-state index in [2.05, 4.69) is 4.98 Å². The SMILES string of the molecule is O=S(=O)(/C=C/c1ccccc1)N1CCC(Oc2ccc3ccccc3n2)C1. The lowest BCUT2D eigenvalue weighted by atomic mass is 10.2. The molecule has 0 radical (unpaired) electrons. The summed E-state index contributed by atoms with van der Waals surface area (Å²) in [6.45, 7) is 0.773. The van der Waals surface area contributed by atoms with Crippen molar-refractivity contribution in [1.82, 2.24) is 9.29 Å². The summed E-state index contributed by atoms with van der Waals surface area (Å²) in [6, 6.07) is 21.0. The Bertz CT molecular complexity index is 1060. The molecule has 1 saturated heterocycles. The quantitative estimate of drug-likeness (QED) is 0.677. The van der Waals surface area contributed by atoms with Gasteiger partial charge in [-0.1, -0.05) is 48.5 Å². The molecule has 1 aromatic heterocycles. The third-order valence-electron chi connectivity index (χ3n) is 4.56. The number of hydrogen-bond acceptors (Lipinski definition) is 4. The monoisotopic (exact) mass is 380 g/mol. The molecule has 6 heteroatoms. The van der Waals surface area contributed by atoms with E-state index >= 15 is 0 Å². The molecule has 2 aromatic carbocycles. The molecule has 0 bridgehead atoms. The maximum absolute atomic E-state index is 12.5. The molecule has 1 aliphatic rings. The van der Waals surface area contributed by atoms with E-state index in [1.54, 1.807) is 6.08 Å². The predicted octanol–water partition coefficient (Wildman–Crippen LogP) is 3.69. The molecule has 0 aliphatic carbocycles. The van der Waals surface area contributed by atoms with Crippen LogP contribution in [0.2, 0.25) is 0 Å². The van der Waals surface area contributed by atoms with Crippen molar-refractivity contribution in [2.75, 3.05) is 13.1 Å². The third kappa shape index (κ3) is 4.18. The van der Waals surface area contributed by atoms with E-state index in [1.165, 1.54) is 9.71 Å². The van der Waals surface area contributed by atoms with Gasteiger partial charge in [-0.25, -0.2) is 13.4 Å². The molecule has 0 saturated carbocycles. The number of benzene rings is 2. The van der Waals surface area contributed by atoms with Crippen LogP contribution in [0.4, 0.5) is 0 Å². The number of aromatic nitrogens is 1. The Kier molecular flexibility index (Phi) is 4.92. The Labute approximate surface area is 159 Å². The van der Waals surface area contributed by atoms with Gasteiger partial charge in [0.1, 0.15) is 6.10 Å². The summed E-state index contributed by atoms with van der Waals surface area (Å²) in [5, 5.41) is 2.31. The fourth-order valence-electron chi connectivity index (χ4n) is 3.12. The van der Waals surface area contributed by atoms with Crippen molar-refractivity contribution in [3.63, 3.8) is 0 Å².